The Hall–Kier alpha value is -0.510. The van der Waals surface area contributed by atoms with Gasteiger partial charge < -0.3 is 4.74 Å². The van der Waals surface area contributed by atoms with Crippen LogP contribution in [0.5, 0.6) is 0 Å². The summed E-state index contributed by atoms with van der Waals surface area (Å²) in [7, 11) is -2.87. The van der Waals surface area contributed by atoms with E-state index in [0.717, 1.165) is 0 Å². The summed E-state index contributed by atoms with van der Waals surface area (Å²) in [5.41, 5.74) is 0. The molecule has 0 heterocycles. The first-order chi connectivity index (χ1) is 4.06. The Balaban J connectivity index is 3.40. The smallest absolute Gasteiger partial charge is 0.150 e. The molecule has 0 saturated carbocycles. The Morgan fingerprint density at radius 3 is 2.56 bits per heavy atom. The van der Waals surface area contributed by atoms with E-state index in [1.54, 1.807) is 0 Å². The Kier molecular flexibility index (Phi) is 3.30. The molecule has 0 aromatic rings. The van der Waals surface area contributed by atoms with Gasteiger partial charge in [-0.3, -0.25) is 0 Å². The lowest BCUT2D eigenvalue weighted by Gasteiger charge is -1.96. The first-order valence-corrected chi connectivity index (χ1v) is 4.52. The molecule has 0 bridgehead atoms. The summed E-state index contributed by atoms with van der Waals surface area (Å²) in [5, 5.41) is 0. The van der Waals surface area contributed by atoms with Crippen LogP contribution in [0, 0.1) is 0 Å². The first-order valence-electron chi connectivity index (χ1n) is 2.46. The van der Waals surface area contributed by atoms with Crippen LogP contribution in [-0.2, 0) is 14.6 Å². The van der Waals surface area contributed by atoms with Crippen LogP contribution in [0.4, 0.5) is 0 Å². The van der Waals surface area contributed by atoms with Gasteiger partial charge in [0.1, 0.15) is 6.61 Å². The number of hydrogen-bond acceptors (Lipinski definition) is 3. The summed E-state index contributed by atoms with van der Waals surface area (Å²) < 4.78 is 25.4. The van der Waals surface area contributed by atoms with E-state index < -0.39 is 9.84 Å². The topological polar surface area (TPSA) is 43.4 Å². The maximum Gasteiger partial charge on any atom is 0.150 e. The third-order valence-corrected chi connectivity index (χ3v) is 1.60. The zero-order chi connectivity index (χ0) is 7.33. The minimum atomic E-state index is -2.87. The number of rotatable bonds is 4. The molecule has 0 amide bonds. The normalized spacial score (nSPS) is 10.8. The second-order valence-electron chi connectivity index (χ2n) is 1.67. The Morgan fingerprint density at radius 1 is 1.67 bits per heavy atom. The number of ether oxygens (including phenoxy) is 1. The van der Waals surface area contributed by atoms with E-state index in [2.05, 4.69) is 11.3 Å². The quantitative estimate of drug-likeness (QED) is 0.424. The molecule has 9 heavy (non-hydrogen) atoms. The molecule has 0 aliphatic heterocycles. The van der Waals surface area contributed by atoms with Crippen LogP contribution < -0.4 is 0 Å². The summed E-state index contributed by atoms with van der Waals surface area (Å²) in [6, 6.07) is 0. The van der Waals surface area contributed by atoms with Crippen molar-refractivity contribution in [1.82, 2.24) is 0 Å². The van der Waals surface area contributed by atoms with Crippen molar-refractivity contribution >= 4 is 9.84 Å². The standard InChI is InChI=1S/C5H10O3S/c1-3-8-4-5-9(2,6)7/h3H,1,4-5H2,2H3. The lowest BCUT2D eigenvalue weighted by molar-refractivity contribution is 0.272. The third-order valence-electron chi connectivity index (χ3n) is 0.690. The van der Waals surface area contributed by atoms with Gasteiger partial charge in [-0.1, -0.05) is 6.58 Å². The molecule has 0 aromatic heterocycles. The van der Waals surface area contributed by atoms with Crippen LogP contribution >= 0.6 is 0 Å². The molecule has 0 aromatic carbocycles. The van der Waals surface area contributed by atoms with Gasteiger partial charge in [0.05, 0.1) is 12.0 Å². The molecule has 0 atom stereocenters. The SMILES string of the molecule is C=COCCS(C)(=O)=O. The van der Waals surface area contributed by atoms with Crippen molar-refractivity contribution in [2.75, 3.05) is 18.6 Å². The van der Waals surface area contributed by atoms with Crippen molar-refractivity contribution in [3.63, 3.8) is 0 Å². The van der Waals surface area contributed by atoms with E-state index in [4.69, 9.17) is 0 Å². The van der Waals surface area contributed by atoms with E-state index >= 15 is 0 Å². The van der Waals surface area contributed by atoms with Crippen LogP contribution in [0.25, 0.3) is 0 Å². The molecular formula is C5H10O3S. The molecule has 0 radical (unpaired) electrons. The molecule has 0 fully saturated rings. The maximum atomic E-state index is 10.4. The lowest BCUT2D eigenvalue weighted by Crippen LogP contribution is -2.07. The van der Waals surface area contributed by atoms with Gasteiger partial charge in [0.25, 0.3) is 0 Å². The Bertz CT molecular complexity index is 169. The van der Waals surface area contributed by atoms with Crippen molar-refractivity contribution in [3.05, 3.63) is 12.8 Å². The zero-order valence-electron chi connectivity index (χ0n) is 5.33. The Labute approximate surface area is 55.2 Å². The third kappa shape index (κ3) is 7.49. The molecule has 0 rings (SSSR count). The van der Waals surface area contributed by atoms with E-state index in [-0.39, 0.29) is 12.4 Å². The summed E-state index contributed by atoms with van der Waals surface area (Å²) in [6.07, 6.45) is 2.39. The van der Waals surface area contributed by atoms with E-state index in [0.29, 0.717) is 0 Å². The molecule has 0 aliphatic rings. The van der Waals surface area contributed by atoms with Gasteiger partial charge in [0.15, 0.2) is 9.84 Å². The van der Waals surface area contributed by atoms with Crippen LogP contribution in [0.3, 0.4) is 0 Å². The predicted molar refractivity (Wildman–Crippen MR) is 35.9 cm³/mol. The molecule has 0 saturated heterocycles. The van der Waals surface area contributed by atoms with Crippen LogP contribution in [-0.4, -0.2) is 27.0 Å². The highest BCUT2D eigenvalue weighted by atomic mass is 32.2. The summed E-state index contributed by atoms with van der Waals surface area (Å²) in [4.78, 5) is 0. The van der Waals surface area contributed by atoms with Crippen molar-refractivity contribution in [2.45, 2.75) is 0 Å². The highest BCUT2D eigenvalue weighted by Crippen LogP contribution is 1.82. The molecule has 3 nitrogen and oxygen atoms in total. The van der Waals surface area contributed by atoms with Crippen molar-refractivity contribution in [1.29, 1.82) is 0 Å². The summed E-state index contributed by atoms with van der Waals surface area (Å²) >= 11 is 0. The molecule has 4 heteroatoms. The lowest BCUT2D eigenvalue weighted by atomic mass is 10.8. The minimum absolute atomic E-state index is 0.0546. The highest BCUT2D eigenvalue weighted by molar-refractivity contribution is 7.90. The van der Waals surface area contributed by atoms with E-state index in [1.807, 2.05) is 0 Å². The zero-order valence-corrected chi connectivity index (χ0v) is 6.15. The monoisotopic (exact) mass is 150 g/mol. The maximum absolute atomic E-state index is 10.4. The second-order valence-corrected chi connectivity index (χ2v) is 3.93. The van der Waals surface area contributed by atoms with Gasteiger partial charge in [0.2, 0.25) is 0 Å². The van der Waals surface area contributed by atoms with Gasteiger partial charge in [-0.2, -0.15) is 0 Å². The Morgan fingerprint density at radius 2 is 2.22 bits per heavy atom. The molecule has 0 N–H and O–H groups in total. The molecular weight excluding hydrogens is 140 g/mol. The van der Waals surface area contributed by atoms with Crippen LogP contribution in [0.15, 0.2) is 12.8 Å². The number of hydrogen-bond donors (Lipinski definition) is 0. The van der Waals surface area contributed by atoms with Gasteiger partial charge in [-0.25, -0.2) is 8.42 Å². The van der Waals surface area contributed by atoms with Crippen molar-refractivity contribution < 1.29 is 13.2 Å². The molecule has 0 unspecified atom stereocenters. The predicted octanol–water partition coefficient (Wildman–Crippen LogP) is 0.191. The largest absolute Gasteiger partial charge is 0.501 e. The fourth-order valence-electron chi connectivity index (χ4n) is 0.283. The molecule has 54 valence electrons. The second kappa shape index (κ2) is 3.50. The van der Waals surface area contributed by atoms with E-state index in [1.165, 1.54) is 12.5 Å². The van der Waals surface area contributed by atoms with E-state index in [9.17, 15) is 8.42 Å². The van der Waals surface area contributed by atoms with Crippen molar-refractivity contribution in [2.24, 2.45) is 0 Å². The summed E-state index contributed by atoms with van der Waals surface area (Å²) in [6.45, 7) is 3.46. The van der Waals surface area contributed by atoms with Gasteiger partial charge in [0, 0.05) is 6.26 Å². The fourth-order valence-corrected chi connectivity index (χ4v) is 0.682. The fraction of sp³-hybridized carbons (Fsp3) is 0.600. The van der Waals surface area contributed by atoms with Crippen LogP contribution in [0.2, 0.25) is 0 Å². The average molecular weight is 150 g/mol. The first kappa shape index (κ1) is 8.49. The highest BCUT2D eigenvalue weighted by Gasteiger charge is 1.99. The molecule has 0 aliphatic carbocycles. The average Bonchev–Trinajstić information content (AvgIpc) is 1.63. The van der Waals surface area contributed by atoms with Gasteiger partial charge in [-0.15, -0.1) is 0 Å². The minimum Gasteiger partial charge on any atom is -0.501 e. The van der Waals surface area contributed by atoms with Gasteiger partial charge >= 0.3 is 0 Å². The van der Waals surface area contributed by atoms with Crippen LogP contribution in [0.1, 0.15) is 0 Å². The van der Waals surface area contributed by atoms with Crippen molar-refractivity contribution in [3.8, 4) is 0 Å². The summed E-state index contributed by atoms with van der Waals surface area (Å²) in [5.74, 6) is 0.0546. The van der Waals surface area contributed by atoms with Gasteiger partial charge in [-0.05, 0) is 0 Å². The number of sulfone groups is 1. The molecule has 0 spiro atoms.